The van der Waals surface area contributed by atoms with Crippen LogP contribution in [-0.2, 0) is 23.7 Å². The summed E-state index contributed by atoms with van der Waals surface area (Å²) in [5.41, 5.74) is 5.22. The second-order valence-electron chi connectivity index (χ2n) is 14.1. The van der Waals surface area contributed by atoms with Crippen molar-refractivity contribution in [1.29, 1.82) is 0 Å². The molecule has 5 heteroatoms. The average molecular weight is 682 g/mol. The number of allylic oxidation sites excluding steroid dienone is 5. The Hall–Kier alpha value is -5.42. The number of rotatable bonds is 8. The number of nitrogens with zero attached hydrogens (tertiary/aromatic N) is 1. The molecule has 0 fully saturated rings. The molecule has 2 unspecified atom stereocenters. The lowest BCUT2D eigenvalue weighted by molar-refractivity contribution is 0.524. The van der Waals surface area contributed by atoms with Gasteiger partial charge >= 0.3 is 0 Å². The molecule has 2 atom stereocenters. The zero-order chi connectivity index (χ0) is 36.1. The first-order valence-corrected chi connectivity index (χ1v) is 17.1. The van der Waals surface area contributed by atoms with E-state index >= 15 is 8.78 Å². The van der Waals surface area contributed by atoms with Crippen molar-refractivity contribution < 1.29 is 17.6 Å². The summed E-state index contributed by atoms with van der Waals surface area (Å²) < 4.78 is 58.4. The van der Waals surface area contributed by atoms with Crippen LogP contribution in [0.3, 0.4) is 0 Å². The van der Waals surface area contributed by atoms with Crippen LogP contribution in [-0.4, -0.2) is 7.05 Å². The van der Waals surface area contributed by atoms with Crippen molar-refractivity contribution in [3.8, 4) is 0 Å². The normalized spacial score (nSPS) is 17.8. The van der Waals surface area contributed by atoms with Crippen molar-refractivity contribution in [2.45, 2.75) is 44.4 Å². The van der Waals surface area contributed by atoms with Crippen LogP contribution in [0.4, 0.5) is 23.2 Å². The van der Waals surface area contributed by atoms with Gasteiger partial charge in [-0.3, -0.25) is 0 Å². The summed E-state index contributed by atoms with van der Waals surface area (Å²) in [6.45, 7) is 10.8. The Morgan fingerprint density at radius 1 is 0.765 bits per heavy atom. The SMILES string of the molecule is C=C(/C=C/C=C1/N(C)c2c(ccc3ccccc23)C1(C)Cc1ccc(F)cc1F)C(C)(Cc1ccc(F)cc1F)c1c(C)ccc2ccccc12. The molecule has 7 rings (SSSR count). The first kappa shape index (κ1) is 34.0. The van der Waals surface area contributed by atoms with E-state index in [2.05, 4.69) is 80.8 Å². The fourth-order valence-electron chi connectivity index (χ4n) is 8.18. The molecule has 256 valence electrons. The highest BCUT2D eigenvalue weighted by Gasteiger charge is 2.43. The lowest BCUT2D eigenvalue weighted by Gasteiger charge is -2.34. The third-order valence-electron chi connectivity index (χ3n) is 10.8. The predicted octanol–water partition coefficient (Wildman–Crippen LogP) is 12.0. The highest BCUT2D eigenvalue weighted by Crippen LogP contribution is 2.52. The van der Waals surface area contributed by atoms with Gasteiger partial charge in [0.25, 0.3) is 0 Å². The standard InChI is InChI=1S/C46H39F4N/c1-29-17-18-31-12-6-8-14-37(31)43(29)45(3,27-33-19-22-35(47)25-40(33)49)30(2)11-10-16-42-46(4,28-34-20-23-36(48)26-41(34)50)39-24-21-32-13-7-9-15-38(32)44(39)51(42)5/h6-26H,2,27-28H2,1,3-5H3/b11-10+,42-16+. The minimum Gasteiger partial charge on any atom is -0.347 e. The van der Waals surface area contributed by atoms with E-state index in [1.807, 2.05) is 49.5 Å². The van der Waals surface area contributed by atoms with E-state index in [1.54, 1.807) is 0 Å². The topological polar surface area (TPSA) is 3.24 Å². The lowest BCUT2D eigenvalue weighted by atomic mass is 9.69. The molecule has 0 aliphatic carbocycles. The first-order valence-electron chi connectivity index (χ1n) is 17.1. The van der Waals surface area contributed by atoms with Crippen molar-refractivity contribution >= 4 is 27.2 Å². The quantitative estimate of drug-likeness (QED) is 0.114. The number of benzene rings is 6. The summed E-state index contributed by atoms with van der Waals surface area (Å²) in [6, 6.07) is 32.2. The molecule has 0 aromatic heterocycles. The fraction of sp³-hybridized carbons (Fsp3) is 0.174. The van der Waals surface area contributed by atoms with Crippen LogP contribution in [0.2, 0.25) is 0 Å². The Balaban J connectivity index is 1.35. The van der Waals surface area contributed by atoms with Gasteiger partial charge in [0.05, 0.1) is 5.69 Å². The Kier molecular flexibility index (Phi) is 8.71. The molecule has 0 N–H and O–H groups in total. The monoisotopic (exact) mass is 681 g/mol. The number of hydrogen-bond acceptors (Lipinski definition) is 1. The zero-order valence-corrected chi connectivity index (χ0v) is 29.2. The van der Waals surface area contributed by atoms with Gasteiger partial charge in [-0.25, -0.2) is 17.6 Å². The molecule has 0 saturated heterocycles. The van der Waals surface area contributed by atoms with Crippen molar-refractivity contribution in [3.63, 3.8) is 0 Å². The minimum absolute atomic E-state index is 0.257. The number of hydrogen-bond donors (Lipinski definition) is 0. The Bertz CT molecular complexity index is 2410. The Morgan fingerprint density at radius 3 is 2.02 bits per heavy atom. The van der Waals surface area contributed by atoms with Crippen LogP contribution < -0.4 is 4.90 Å². The van der Waals surface area contributed by atoms with E-state index in [0.717, 1.165) is 67.3 Å². The molecule has 6 aromatic carbocycles. The van der Waals surface area contributed by atoms with Crippen molar-refractivity contribution in [3.05, 3.63) is 196 Å². The second-order valence-corrected chi connectivity index (χ2v) is 14.1. The van der Waals surface area contributed by atoms with Crippen LogP contribution in [0, 0.1) is 30.2 Å². The van der Waals surface area contributed by atoms with Gasteiger partial charge in [-0.15, -0.1) is 0 Å². The molecule has 0 spiro atoms. The van der Waals surface area contributed by atoms with Crippen molar-refractivity contribution in [1.82, 2.24) is 0 Å². The fourth-order valence-corrected chi connectivity index (χ4v) is 8.18. The Morgan fingerprint density at radius 2 is 1.35 bits per heavy atom. The van der Waals surface area contributed by atoms with Crippen LogP contribution in [0.15, 0.2) is 145 Å². The molecule has 6 aromatic rings. The van der Waals surface area contributed by atoms with E-state index in [9.17, 15) is 8.78 Å². The molecule has 51 heavy (non-hydrogen) atoms. The molecule has 0 bridgehead atoms. The van der Waals surface area contributed by atoms with Gasteiger partial charge in [0.2, 0.25) is 0 Å². The third kappa shape index (κ3) is 5.95. The number of halogens is 4. The summed E-state index contributed by atoms with van der Waals surface area (Å²) in [5.74, 6) is -2.41. The maximum atomic E-state index is 15.3. The largest absolute Gasteiger partial charge is 0.347 e. The molecule has 1 aliphatic rings. The van der Waals surface area contributed by atoms with Gasteiger partial charge in [0.15, 0.2) is 0 Å². The van der Waals surface area contributed by atoms with E-state index in [0.29, 0.717) is 17.5 Å². The summed E-state index contributed by atoms with van der Waals surface area (Å²) in [5, 5.41) is 4.28. The third-order valence-corrected chi connectivity index (χ3v) is 10.8. The molecule has 0 amide bonds. The predicted molar refractivity (Wildman–Crippen MR) is 202 cm³/mol. The van der Waals surface area contributed by atoms with E-state index < -0.39 is 34.1 Å². The number of aryl methyl sites for hydroxylation is 1. The molecule has 0 radical (unpaired) electrons. The van der Waals surface area contributed by atoms with Crippen molar-refractivity contribution in [2.75, 3.05) is 11.9 Å². The van der Waals surface area contributed by atoms with E-state index in [-0.39, 0.29) is 6.42 Å². The van der Waals surface area contributed by atoms with Gasteiger partial charge in [-0.1, -0.05) is 111 Å². The molecular formula is C46H39F4N. The van der Waals surface area contributed by atoms with Gasteiger partial charge in [-0.05, 0) is 94.4 Å². The summed E-state index contributed by atoms with van der Waals surface area (Å²) in [7, 11) is 2.02. The highest BCUT2D eigenvalue weighted by atomic mass is 19.1. The second kappa shape index (κ2) is 13.0. The average Bonchev–Trinajstić information content (AvgIpc) is 3.32. The first-order chi connectivity index (χ1) is 24.4. The molecule has 1 aliphatic heterocycles. The Labute approximate surface area is 296 Å². The summed E-state index contributed by atoms with van der Waals surface area (Å²) >= 11 is 0. The summed E-state index contributed by atoms with van der Waals surface area (Å²) in [6.07, 6.45) is 6.53. The zero-order valence-electron chi connectivity index (χ0n) is 29.2. The van der Waals surface area contributed by atoms with Crippen LogP contribution in [0.5, 0.6) is 0 Å². The smallest absolute Gasteiger partial charge is 0.129 e. The maximum absolute atomic E-state index is 15.3. The molecule has 1 nitrogen and oxygen atoms in total. The highest BCUT2D eigenvalue weighted by molar-refractivity contribution is 5.99. The van der Waals surface area contributed by atoms with Gasteiger partial charge in [0, 0.05) is 41.1 Å². The van der Waals surface area contributed by atoms with Gasteiger partial charge in [0.1, 0.15) is 23.3 Å². The number of anilines is 1. The molecule has 1 heterocycles. The van der Waals surface area contributed by atoms with E-state index in [4.69, 9.17) is 0 Å². The van der Waals surface area contributed by atoms with Crippen LogP contribution in [0.25, 0.3) is 21.5 Å². The summed E-state index contributed by atoms with van der Waals surface area (Å²) in [4.78, 5) is 2.16. The van der Waals surface area contributed by atoms with Crippen molar-refractivity contribution in [2.24, 2.45) is 0 Å². The maximum Gasteiger partial charge on any atom is 0.129 e. The molecular weight excluding hydrogens is 643 g/mol. The minimum atomic E-state index is -0.778. The lowest BCUT2D eigenvalue weighted by Crippen LogP contribution is -2.29. The van der Waals surface area contributed by atoms with E-state index in [1.165, 1.54) is 24.3 Å². The van der Waals surface area contributed by atoms with Gasteiger partial charge < -0.3 is 4.90 Å². The number of likely N-dealkylation sites (N-methyl/N-ethyl adjacent to an activating group) is 1. The van der Waals surface area contributed by atoms with Gasteiger partial charge in [-0.2, -0.15) is 0 Å². The number of fused-ring (bicyclic) bond motifs is 4. The van der Waals surface area contributed by atoms with Crippen LogP contribution in [0.1, 0.15) is 41.7 Å². The molecule has 0 saturated carbocycles. The van der Waals surface area contributed by atoms with Crippen LogP contribution >= 0.6 is 0 Å².